The van der Waals surface area contributed by atoms with Crippen LogP contribution in [-0.2, 0) is 64.0 Å². The van der Waals surface area contributed by atoms with Gasteiger partial charge in [0.25, 0.3) is 0 Å². The first kappa shape index (κ1) is 46.4. The van der Waals surface area contributed by atoms with Crippen molar-refractivity contribution in [3.05, 3.63) is 61.8 Å². The fraction of sp³-hybridized carbons (Fsp3) is 0.476. The van der Waals surface area contributed by atoms with Gasteiger partial charge in [-0.2, -0.15) is 0 Å². The van der Waals surface area contributed by atoms with E-state index in [1.807, 2.05) is 0 Å². The fourth-order valence-electron chi connectivity index (χ4n) is 9.61. The van der Waals surface area contributed by atoms with E-state index in [1.165, 1.54) is 12.2 Å². The van der Waals surface area contributed by atoms with E-state index < -0.39 is 134 Å². The molecule has 20 nitrogen and oxygen atoms in total. The molecule has 20 heteroatoms. The quantitative estimate of drug-likeness (QED) is 0.0893. The molecule has 0 aromatic carbocycles. The van der Waals surface area contributed by atoms with Gasteiger partial charge in [-0.05, 0) is 78.2 Å². The van der Waals surface area contributed by atoms with Crippen molar-refractivity contribution in [1.29, 1.82) is 0 Å². The molecule has 2 saturated heterocycles. The lowest BCUT2D eigenvalue weighted by Crippen LogP contribution is -2.39. The van der Waals surface area contributed by atoms with Crippen LogP contribution in [0.2, 0.25) is 0 Å². The second-order valence-corrected chi connectivity index (χ2v) is 16.6. The van der Waals surface area contributed by atoms with Gasteiger partial charge in [0.2, 0.25) is 0 Å². The molecule has 0 spiro atoms. The Bertz CT molecular complexity index is 2390. The van der Waals surface area contributed by atoms with Crippen molar-refractivity contribution in [1.82, 2.24) is 20.6 Å². The monoisotopic (exact) mass is 866 g/mol. The highest BCUT2D eigenvalue weighted by Crippen LogP contribution is 2.52. The molecule has 2 fully saturated rings. The summed E-state index contributed by atoms with van der Waals surface area (Å²) in [7, 11) is 0. The number of hydrogen-bond acceptors (Lipinski definition) is 10. The van der Waals surface area contributed by atoms with Crippen LogP contribution in [0.15, 0.2) is 17.5 Å². The molecule has 0 saturated carbocycles. The van der Waals surface area contributed by atoms with Crippen molar-refractivity contribution in [3.8, 4) is 0 Å². The third-order valence-electron chi connectivity index (χ3n) is 12.4. The third kappa shape index (κ3) is 10.2. The number of rotatable bonds is 20. The molecular formula is C42H50N4O16. The summed E-state index contributed by atoms with van der Waals surface area (Å²) in [4.78, 5) is 104. The van der Waals surface area contributed by atoms with E-state index in [1.54, 1.807) is 26.0 Å². The number of carbonyl (C=O) groups is 8. The summed E-state index contributed by atoms with van der Waals surface area (Å²) in [5, 5.41) is 86.9. The van der Waals surface area contributed by atoms with Crippen LogP contribution in [0, 0.1) is 22.7 Å². The smallest absolute Gasteiger partial charge is 0.307 e. The molecule has 0 unspecified atom stereocenters. The van der Waals surface area contributed by atoms with Gasteiger partial charge >= 0.3 is 47.8 Å². The maximum atomic E-state index is 12.6. The number of aromatic nitrogens is 2. The van der Waals surface area contributed by atoms with Crippen molar-refractivity contribution in [2.24, 2.45) is 22.7 Å². The summed E-state index contributed by atoms with van der Waals surface area (Å²) < 4.78 is 0. The Kier molecular flexibility index (Phi) is 13.8. The van der Waals surface area contributed by atoms with Gasteiger partial charge < -0.3 is 61.5 Å². The predicted molar refractivity (Wildman–Crippen MR) is 215 cm³/mol. The molecule has 62 heavy (non-hydrogen) atoms. The molecule has 3 aliphatic rings. The van der Waals surface area contributed by atoms with Gasteiger partial charge in [0, 0.05) is 88.0 Å². The predicted octanol–water partition coefficient (Wildman–Crippen LogP) is 1.35. The van der Waals surface area contributed by atoms with Crippen LogP contribution in [0.1, 0.15) is 98.9 Å². The minimum absolute atomic E-state index is 0.0656. The third-order valence-corrected chi connectivity index (χ3v) is 12.4. The topological polar surface area (TPSA) is 354 Å². The number of aliphatic carboxylic acids is 8. The number of allylic oxidation sites excluding steroid dienone is 2. The average molecular weight is 867 g/mol. The number of H-pyrrole nitrogens is 2. The maximum absolute atomic E-state index is 12.6. The van der Waals surface area contributed by atoms with Crippen LogP contribution in [-0.4, -0.2) is 111 Å². The van der Waals surface area contributed by atoms with Crippen LogP contribution in [0.3, 0.4) is 0 Å². The Morgan fingerprint density at radius 3 is 1.68 bits per heavy atom. The van der Waals surface area contributed by atoms with Gasteiger partial charge in [0.05, 0.1) is 25.7 Å². The molecule has 6 atom stereocenters. The molecule has 8 bridgehead atoms. The lowest BCUT2D eigenvalue weighted by Gasteiger charge is -2.35. The molecule has 12 N–H and O–H groups in total. The largest absolute Gasteiger partial charge is 0.481 e. The minimum Gasteiger partial charge on any atom is -0.481 e. The normalized spacial score (nSPS) is 26.6. The van der Waals surface area contributed by atoms with E-state index in [0.717, 1.165) is 0 Å². The Balaban J connectivity index is 1.99. The highest BCUT2D eigenvalue weighted by molar-refractivity contribution is 5.78. The maximum Gasteiger partial charge on any atom is 0.307 e. The lowest BCUT2D eigenvalue weighted by molar-refractivity contribution is -0.141. The Morgan fingerprint density at radius 2 is 1.11 bits per heavy atom. The van der Waals surface area contributed by atoms with Gasteiger partial charge in [0.15, 0.2) is 0 Å². The van der Waals surface area contributed by atoms with Crippen molar-refractivity contribution in [2.45, 2.75) is 103 Å². The molecule has 5 rings (SSSR count). The molecule has 5 heterocycles. The molecule has 2 aromatic rings. The lowest BCUT2D eigenvalue weighted by atomic mass is 9.67. The number of carboxylic acid groups (broad SMARTS) is 8. The van der Waals surface area contributed by atoms with Crippen molar-refractivity contribution in [2.75, 3.05) is 0 Å². The summed E-state index contributed by atoms with van der Waals surface area (Å²) in [5.74, 6) is -11.5. The number of hydrogen-bond donors (Lipinski definition) is 12. The van der Waals surface area contributed by atoms with Crippen molar-refractivity contribution in [3.63, 3.8) is 0 Å². The van der Waals surface area contributed by atoms with Crippen molar-refractivity contribution < 1.29 is 79.2 Å². The molecule has 0 aliphatic carbocycles. The van der Waals surface area contributed by atoms with Crippen LogP contribution in [0.4, 0.5) is 0 Å². The van der Waals surface area contributed by atoms with E-state index in [-0.39, 0.29) is 81.4 Å². The van der Waals surface area contributed by atoms with E-state index in [0.29, 0.717) is 0 Å². The first-order chi connectivity index (χ1) is 29.0. The van der Waals surface area contributed by atoms with Crippen molar-refractivity contribution >= 4 is 66.0 Å². The minimum atomic E-state index is -1.38. The average Bonchev–Trinajstić information content (AvgIpc) is 3.77. The second-order valence-electron chi connectivity index (χ2n) is 16.6. The van der Waals surface area contributed by atoms with Crippen LogP contribution >= 0.6 is 0 Å². The summed E-state index contributed by atoms with van der Waals surface area (Å²) in [5.41, 5.74) is -1.00. The van der Waals surface area contributed by atoms with Crippen LogP contribution in [0.25, 0.3) is 18.2 Å². The van der Waals surface area contributed by atoms with Gasteiger partial charge in [-0.1, -0.05) is 13.8 Å². The summed E-state index contributed by atoms with van der Waals surface area (Å²) in [6, 6.07) is -1.82. The van der Waals surface area contributed by atoms with Gasteiger partial charge in [-0.25, -0.2) is 0 Å². The number of aromatic amines is 2. The van der Waals surface area contributed by atoms with Crippen LogP contribution < -0.4 is 21.3 Å². The molecular weight excluding hydrogens is 816 g/mol. The van der Waals surface area contributed by atoms with E-state index in [4.69, 9.17) is 0 Å². The highest BCUT2D eigenvalue weighted by Gasteiger charge is 2.53. The Hall–Kier alpha value is -6.70. The van der Waals surface area contributed by atoms with E-state index in [2.05, 4.69) is 20.6 Å². The Morgan fingerprint density at radius 1 is 0.565 bits per heavy atom. The zero-order chi connectivity index (χ0) is 45.8. The van der Waals surface area contributed by atoms with E-state index >= 15 is 0 Å². The molecule has 0 radical (unpaired) electrons. The SMILES string of the molecule is C[C@]1(CC(=O)O)[C@H](CCC(=O)O)[C@@H]2/C=C3/N/C(=C/c4[nH]c(c(CCC(=O)O)c4CC(=O)O)/C=c4\[nH]/c(c(CC(=O)O)c4CCC(=O)O)=C\[C@H]1N2)[C@@H](CCC(=O)O)[C@]3(C)CC(=O)O. The number of carboxylic acids is 8. The van der Waals surface area contributed by atoms with E-state index in [9.17, 15) is 79.2 Å². The Labute approximate surface area is 352 Å². The molecule has 334 valence electrons. The summed E-state index contributed by atoms with van der Waals surface area (Å²) in [6.07, 6.45) is 1.62. The zero-order valence-electron chi connectivity index (χ0n) is 33.9. The first-order valence-electron chi connectivity index (χ1n) is 19.9. The second kappa shape index (κ2) is 18.5. The summed E-state index contributed by atoms with van der Waals surface area (Å²) in [6.45, 7) is 3.26. The molecule has 2 aromatic heterocycles. The first-order valence-corrected chi connectivity index (χ1v) is 19.9. The van der Waals surface area contributed by atoms with Gasteiger partial charge in [-0.15, -0.1) is 0 Å². The molecule has 3 aliphatic heterocycles. The standard InChI is InChI=1S/C42H50N4O16/c1-41(17-39(59)60)23(5-9-35(51)52)29-14-27-21(11-37(55)56)19(3-7-33(47)48)25(43-27)13-26-20(4-8-34(49)50)22(12-38(57)58)28(44-26)15-31-42(2,18-40(61)62)24(6-10-36(53)54)30(46-31)16-32(41)45-29/h13-16,23-24,30-31,43-46H,3-12,17-18H2,1-2H3,(H,47,48)(H,49,50)(H,51,52)(H,53,54)(H,55,56)(H,57,58)(H,59,60)(H,61,62)/b26-13-,28-15-,29-14+,32-16+/t23-,24-,30+,31-,41+,42+/m1/s1. The molecule has 0 amide bonds. The number of fused-ring (bicyclic) bond motifs is 8. The number of nitrogens with one attached hydrogen (secondary N) is 4. The fourth-order valence-corrected chi connectivity index (χ4v) is 9.61. The highest BCUT2D eigenvalue weighted by atomic mass is 16.4. The van der Waals surface area contributed by atoms with Gasteiger partial charge in [0.1, 0.15) is 0 Å². The zero-order valence-corrected chi connectivity index (χ0v) is 33.9. The summed E-state index contributed by atoms with van der Waals surface area (Å²) >= 11 is 0. The van der Waals surface area contributed by atoms with Gasteiger partial charge in [-0.3, -0.25) is 38.4 Å². The van der Waals surface area contributed by atoms with Crippen LogP contribution in [0.5, 0.6) is 0 Å².